The van der Waals surface area contributed by atoms with Crippen molar-refractivity contribution in [3.8, 4) is 0 Å². The van der Waals surface area contributed by atoms with Crippen molar-refractivity contribution in [2.75, 3.05) is 20.1 Å². The molecule has 0 heterocycles. The first-order valence-corrected chi connectivity index (χ1v) is 12.5. The third-order valence-electron chi connectivity index (χ3n) is 6.18. The number of benzene rings is 3. The molecule has 0 unspecified atom stereocenters. The van der Waals surface area contributed by atoms with Gasteiger partial charge < -0.3 is 9.64 Å². The van der Waals surface area contributed by atoms with Crippen LogP contribution in [0.5, 0.6) is 0 Å². The fourth-order valence-corrected chi connectivity index (χ4v) is 4.54. The second kappa shape index (κ2) is 12.5. The highest BCUT2D eigenvalue weighted by atomic mass is 16.6. The van der Waals surface area contributed by atoms with Crippen LogP contribution in [0.25, 0.3) is 6.08 Å². The molecule has 0 amide bonds. The van der Waals surface area contributed by atoms with Gasteiger partial charge in [-0.3, -0.25) is 4.79 Å². The fraction of sp³-hybridized carbons (Fsp3) is 0.312. The quantitative estimate of drug-likeness (QED) is 0.136. The molecule has 0 atom stereocenters. The molecule has 0 radical (unpaired) electrons. The van der Waals surface area contributed by atoms with Gasteiger partial charge >= 0.3 is 5.97 Å². The Labute approximate surface area is 215 Å². The average Bonchev–Trinajstić information content (AvgIpc) is 2.83. The molecule has 0 aliphatic heterocycles. The number of hydrogen-bond acceptors (Lipinski definition) is 4. The Balaban J connectivity index is 1.66. The molecule has 0 N–H and O–H groups in total. The lowest BCUT2D eigenvalue weighted by Crippen LogP contribution is -2.41. The van der Waals surface area contributed by atoms with Gasteiger partial charge in [-0.25, -0.2) is 4.79 Å². The normalized spacial score (nSPS) is 12.1. The van der Waals surface area contributed by atoms with Gasteiger partial charge in [0.2, 0.25) is 0 Å². The highest BCUT2D eigenvalue weighted by Crippen LogP contribution is 2.28. The molecule has 0 saturated heterocycles. The number of ether oxygens (including phenoxy) is 1. The first-order valence-electron chi connectivity index (χ1n) is 12.5. The van der Waals surface area contributed by atoms with Gasteiger partial charge in [0, 0.05) is 12.5 Å². The number of Topliss-reactive ketones (excluding diaryl/α,β-unsaturated/α-hetero) is 1. The summed E-state index contributed by atoms with van der Waals surface area (Å²) in [6.07, 6.45) is 2.54. The van der Waals surface area contributed by atoms with Crippen LogP contribution in [0.1, 0.15) is 55.4 Å². The minimum Gasteiger partial charge on any atom is -0.455 e. The van der Waals surface area contributed by atoms with E-state index in [-0.39, 0.29) is 17.3 Å². The summed E-state index contributed by atoms with van der Waals surface area (Å²) >= 11 is 0. The molecule has 0 bridgehead atoms. The summed E-state index contributed by atoms with van der Waals surface area (Å²) < 4.78 is 5.84. The number of hydrogen-bond donors (Lipinski definition) is 0. The molecule has 0 aromatic heterocycles. The third kappa shape index (κ3) is 8.03. The summed E-state index contributed by atoms with van der Waals surface area (Å²) in [5, 5.41) is 0. The Bertz CT molecular complexity index is 1140. The van der Waals surface area contributed by atoms with Crippen LogP contribution in [-0.2, 0) is 14.3 Å². The predicted octanol–water partition coefficient (Wildman–Crippen LogP) is 6.44. The van der Waals surface area contributed by atoms with Crippen LogP contribution in [0.2, 0.25) is 0 Å². The summed E-state index contributed by atoms with van der Waals surface area (Å²) in [7, 11) is 2.04. The van der Waals surface area contributed by atoms with Crippen LogP contribution in [0, 0.1) is 6.92 Å². The van der Waals surface area contributed by atoms with Gasteiger partial charge in [-0.05, 0) is 70.5 Å². The van der Waals surface area contributed by atoms with Crippen LogP contribution >= 0.6 is 0 Å². The lowest BCUT2D eigenvalue weighted by atomic mass is 9.88. The maximum Gasteiger partial charge on any atom is 0.342 e. The molecule has 0 aliphatic rings. The van der Waals surface area contributed by atoms with Crippen molar-refractivity contribution in [2.45, 2.75) is 45.6 Å². The van der Waals surface area contributed by atoms with E-state index in [0.717, 1.165) is 24.1 Å². The maximum atomic E-state index is 13.0. The van der Waals surface area contributed by atoms with Crippen LogP contribution in [0.15, 0.2) is 90.5 Å². The van der Waals surface area contributed by atoms with Gasteiger partial charge in [0.15, 0.2) is 5.78 Å². The SMILES string of the molecule is CC(=O)/C(=C\c1cccc(C)c1)C(=O)OC(C)(C)CN(C)CCC(c1ccccc1)c1ccccc1. The van der Waals surface area contributed by atoms with E-state index in [1.54, 1.807) is 6.08 Å². The van der Waals surface area contributed by atoms with Crippen LogP contribution < -0.4 is 0 Å². The highest BCUT2D eigenvalue weighted by molar-refractivity contribution is 6.19. The van der Waals surface area contributed by atoms with E-state index in [1.165, 1.54) is 18.1 Å². The Hall–Kier alpha value is -3.50. The van der Waals surface area contributed by atoms with Crippen molar-refractivity contribution < 1.29 is 14.3 Å². The number of carbonyl (C=O) groups excluding carboxylic acids is 2. The van der Waals surface area contributed by atoms with Gasteiger partial charge in [-0.15, -0.1) is 0 Å². The molecule has 0 saturated carbocycles. The van der Waals surface area contributed by atoms with Gasteiger partial charge in [0.05, 0.1) is 0 Å². The van der Waals surface area contributed by atoms with Gasteiger partial charge in [0.1, 0.15) is 11.2 Å². The third-order valence-corrected chi connectivity index (χ3v) is 6.18. The summed E-state index contributed by atoms with van der Waals surface area (Å²) in [4.78, 5) is 27.4. The molecule has 36 heavy (non-hydrogen) atoms. The molecule has 3 aromatic rings. The minimum atomic E-state index is -0.762. The topological polar surface area (TPSA) is 46.6 Å². The zero-order valence-corrected chi connectivity index (χ0v) is 22.0. The Morgan fingerprint density at radius 2 is 1.50 bits per heavy atom. The van der Waals surface area contributed by atoms with Gasteiger partial charge in [-0.2, -0.15) is 0 Å². The summed E-state index contributed by atoms with van der Waals surface area (Å²) in [6, 6.07) is 28.8. The Kier molecular flexibility index (Phi) is 9.38. The van der Waals surface area contributed by atoms with Crippen LogP contribution in [-0.4, -0.2) is 42.4 Å². The number of ketones is 1. The molecule has 3 rings (SSSR count). The van der Waals surface area contributed by atoms with E-state index >= 15 is 0 Å². The number of rotatable bonds is 11. The second-order valence-corrected chi connectivity index (χ2v) is 10.1. The molecule has 0 aliphatic carbocycles. The van der Waals surface area contributed by atoms with Gasteiger partial charge in [0.25, 0.3) is 0 Å². The second-order valence-electron chi connectivity index (χ2n) is 10.1. The van der Waals surface area contributed by atoms with Crippen LogP contribution in [0.3, 0.4) is 0 Å². The molecular formula is C32H37NO3. The summed E-state index contributed by atoms with van der Waals surface area (Å²) in [5.41, 5.74) is 3.74. The number of carbonyl (C=O) groups is 2. The zero-order valence-electron chi connectivity index (χ0n) is 22.0. The Morgan fingerprint density at radius 3 is 2.03 bits per heavy atom. The molecular weight excluding hydrogens is 446 g/mol. The number of nitrogens with zero attached hydrogens (tertiary/aromatic N) is 1. The van der Waals surface area contributed by atoms with Crippen molar-refractivity contribution in [2.24, 2.45) is 0 Å². The van der Waals surface area contributed by atoms with Crippen molar-refractivity contribution >= 4 is 17.8 Å². The lowest BCUT2D eigenvalue weighted by molar-refractivity contribution is -0.153. The van der Waals surface area contributed by atoms with E-state index in [9.17, 15) is 9.59 Å². The van der Waals surface area contributed by atoms with E-state index in [1.807, 2.05) is 64.2 Å². The monoisotopic (exact) mass is 483 g/mol. The number of aryl methyl sites for hydroxylation is 1. The molecule has 0 fully saturated rings. The first kappa shape index (κ1) is 27.1. The van der Waals surface area contributed by atoms with E-state index in [4.69, 9.17) is 4.74 Å². The standard InChI is InChI=1S/C32H37NO3/c1-24-13-12-14-26(21-24)22-30(25(2)34)31(35)36-32(3,4)23-33(5)20-19-29(27-15-8-6-9-16-27)28-17-10-7-11-18-28/h6-18,21-22,29H,19-20,23H2,1-5H3/b30-22+. The summed E-state index contributed by atoms with van der Waals surface area (Å²) in [5.74, 6) is -0.616. The number of likely N-dealkylation sites (N-methyl/N-ethyl adjacent to an activating group) is 1. The lowest BCUT2D eigenvalue weighted by Gasteiger charge is -2.31. The average molecular weight is 484 g/mol. The van der Waals surface area contributed by atoms with E-state index in [2.05, 4.69) is 53.4 Å². The van der Waals surface area contributed by atoms with Crippen LogP contribution in [0.4, 0.5) is 0 Å². The Morgan fingerprint density at radius 1 is 0.917 bits per heavy atom. The predicted molar refractivity (Wildman–Crippen MR) is 147 cm³/mol. The highest BCUT2D eigenvalue weighted by Gasteiger charge is 2.28. The van der Waals surface area contributed by atoms with Crippen molar-refractivity contribution in [3.05, 3.63) is 113 Å². The van der Waals surface area contributed by atoms with E-state index < -0.39 is 11.6 Å². The van der Waals surface area contributed by atoms with Crippen molar-refractivity contribution in [1.82, 2.24) is 4.90 Å². The van der Waals surface area contributed by atoms with E-state index in [0.29, 0.717) is 6.54 Å². The summed E-state index contributed by atoms with van der Waals surface area (Å²) in [6.45, 7) is 8.52. The molecule has 4 heteroatoms. The zero-order chi connectivity index (χ0) is 26.1. The minimum absolute atomic E-state index is 0.0598. The molecule has 4 nitrogen and oxygen atoms in total. The largest absolute Gasteiger partial charge is 0.455 e. The van der Waals surface area contributed by atoms with Crippen molar-refractivity contribution in [1.29, 1.82) is 0 Å². The first-order chi connectivity index (χ1) is 17.1. The molecule has 3 aromatic carbocycles. The molecule has 188 valence electrons. The number of esters is 1. The van der Waals surface area contributed by atoms with Gasteiger partial charge in [-0.1, -0.05) is 90.5 Å². The van der Waals surface area contributed by atoms with Crippen molar-refractivity contribution in [3.63, 3.8) is 0 Å². The molecule has 0 spiro atoms. The maximum absolute atomic E-state index is 13.0. The fourth-order valence-electron chi connectivity index (χ4n) is 4.54. The smallest absolute Gasteiger partial charge is 0.342 e.